The zero-order valence-electron chi connectivity index (χ0n) is 14.0. The predicted molar refractivity (Wildman–Crippen MR) is 95.3 cm³/mol. The first-order valence-corrected chi connectivity index (χ1v) is 8.69. The summed E-state index contributed by atoms with van der Waals surface area (Å²) < 4.78 is 0. The van der Waals surface area contributed by atoms with Crippen molar-refractivity contribution in [3.05, 3.63) is 34.9 Å². The molecule has 1 aliphatic heterocycles. The summed E-state index contributed by atoms with van der Waals surface area (Å²) in [7, 11) is 0. The lowest BCUT2D eigenvalue weighted by Crippen LogP contribution is -2.39. The molecule has 0 aliphatic carbocycles. The maximum absolute atomic E-state index is 12.0. The van der Waals surface area contributed by atoms with Crippen LogP contribution in [0.4, 0.5) is 0 Å². The summed E-state index contributed by atoms with van der Waals surface area (Å²) in [6.45, 7) is 3.58. The number of hydrogen-bond acceptors (Lipinski definition) is 2. The maximum atomic E-state index is 12.0. The zero-order chi connectivity index (χ0) is 17.4. The van der Waals surface area contributed by atoms with E-state index in [1.807, 2.05) is 24.3 Å². The van der Waals surface area contributed by atoms with E-state index in [1.165, 1.54) is 0 Å². The van der Waals surface area contributed by atoms with Crippen molar-refractivity contribution in [3.63, 3.8) is 0 Å². The van der Waals surface area contributed by atoms with Crippen LogP contribution < -0.4 is 5.32 Å². The SMILES string of the molecule is CC#CC(=O)N1CCCC(CCC(=O)NCc2ccccc2Cl)C1. The van der Waals surface area contributed by atoms with Crippen molar-refractivity contribution in [3.8, 4) is 11.8 Å². The van der Waals surface area contributed by atoms with Crippen molar-refractivity contribution in [1.29, 1.82) is 0 Å². The lowest BCUT2D eigenvalue weighted by Gasteiger charge is -2.31. The van der Waals surface area contributed by atoms with Crippen LogP contribution >= 0.6 is 11.6 Å². The molecule has 0 bridgehead atoms. The molecule has 2 amide bonds. The van der Waals surface area contributed by atoms with Gasteiger partial charge in [-0.25, -0.2) is 0 Å². The number of hydrogen-bond donors (Lipinski definition) is 1. The zero-order valence-corrected chi connectivity index (χ0v) is 14.7. The van der Waals surface area contributed by atoms with Gasteiger partial charge in [0.15, 0.2) is 0 Å². The molecule has 1 N–H and O–H groups in total. The van der Waals surface area contributed by atoms with E-state index in [-0.39, 0.29) is 11.8 Å². The van der Waals surface area contributed by atoms with Crippen LogP contribution in [0, 0.1) is 17.8 Å². The number of amides is 2. The molecule has 0 spiro atoms. The molecule has 24 heavy (non-hydrogen) atoms. The smallest absolute Gasteiger partial charge is 0.298 e. The summed E-state index contributed by atoms with van der Waals surface area (Å²) in [5.41, 5.74) is 0.917. The number of piperidine rings is 1. The van der Waals surface area contributed by atoms with E-state index in [1.54, 1.807) is 11.8 Å². The average Bonchev–Trinajstić information content (AvgIpc) is 2.60. The third-order valence-corrected chi connectivity index (χ3v) is 4.62. The van der Waals surface area contributed by atoms with Gasteiger partial charge in [-0.15, -0.1) is 0 Å². The molecular formula is C19H23ClN2O2. The lowest BCUT2D eigenvalue weighted by atomic mass is 9.93. The minimum atomic E-state index is -0.106. The normalized spacial score (nSPS) is 16.9. The van der Waals surface area contributed by atoms with Crippen molar-refractivity contribution < 1.29 is 9.59 Å². The van der Waals surface area contributed by atoms with Gasteiger partial charge in [0.05, 0.1) is 0 Å². The van der Waals surface area contributed by atoms with E-state index in [0.717, 1.165) is 31.4 Å². The Morgan fingerprint density at radius 1 is 1.38 bits per heavy atom. The van der Waals surface area contributed by atoms with Crippen molar-refractivity contribution >= 4 is 23.4 Å². The van der Waals surface area contributed by atoms with Crippen molar-refractivity contribution in [2.45, 2.75) is 39.2 Å². The largest absolute Gasteiger partial charge is 0.352 e. The molecule has 1 aromatic carbocycles. The molecular weight excluding hydrogens is 324 g/mol. The Labute approximate surface area is 148 Å². The van der Waals surface area contributed by atoms with Gasteiger partial charge < -0.3 is 10.2 Å². The first-order chi connectivity index (χ1) is 11.6. The second-order valence-electron chi connectivity index (χ2n) is 6.04. The molecule has 1 saturated heterocycles. The van der Waals surface area contributed by atoms with Crippen molar-refractivity contribution in [1.82, 2.24) is 10.2 Å². The number of likely N-dealkylation sites (tertiary alicyclic amines) is 1. The summed E-state index contributed by atoms with van der Waals surface area (Å²) in [5.74, 6) is 5.52. The molecule has 1 heterocycles. The van der Waals surface area contributed by atoms with Crippen LogP contribution in [0.5, 0.6) is 0 Å². The van der Waals surface area contributed by atoms with Crippen LogP contribution in [-0.4, -0.2) is 29.8 Å². The standard InChI is InChI=1S/C19H23ClN2O2/c1-2-6-19(24)22-12-5-7-15(14-22)10-11-18(23)21-13-16-8-3-4-9-17(16)20/h3-4,8-9,15H,5,7,10-14H2,1H3,(H,21,23). The van der Waals surface area contributed by atoms with Gasteiger partial charge in [-0.2, -0.15) is 0 Å². The fraction of sp³-hybridized carbons (Fsp3) is 0.474. The Balaban J connectivity index is 1.74. The third kappa shape index (κ3) is 5.58. The van der Waals surface area contributed by atoms with Crippen LogP contribution in [0.25, 0.3) is 0 Å². The highest BCUT2D eigenvalue weighted by Crippen LogP contribution is 2.21. The minimum absolute atomic E-state index is 0.0201. The Kier molecular flexibility index (Phi) is 7.14. The highest BCUT2D eigenvalue weighted by atomic mass is 35.5. The van der Waals surface area contributed by atoms with Crippen molar-refractivity contribution in [2.24, 2.45) is 5.92 Å². The van der Waals surface area contributed by atoms with Crippen molar-refractivity contribution in [2.75, 3.05) is 13.1 Å². The van der Waals surface area contributed by atoms with E-state index < -0.39 is 0 Å². The molecule has 128 valence electrons. The van der Waals surface area contributed by atoms with Gasteiger partial charge in [-0.05, 0) is 49.7 Å². The average molecular weight is 347 g/mol. The van der Waals surface area contributed by atoms with Crippen LogP contribution in [0.15, 0.2) is 24.3 Å². The van der Waals surface area contributed by atoms with Gasteiger partial charge in [0.25, 0.3) is 5.91 Å². The molecule has 1 fully saturated rings. The van der Waals surface area contributed by atoms with Gasteiger partial charge in [-0.1, -0.05) is 35.7 Å². The number of carbonyl (C=O) groups is 2. The number of rotatable bonds is 5. The van der Waals surface area contributed by atoms with Crippen LogP contribution in [-0.2, 0) is 16.1 Å². The molecule has 1 aliphatic rings. The highest BCUT2D eigenvalue weighted by molar-refractivity contribution is 6.31. The number of halogens is 1. The number of benzene rings is 1. The summed E-state index contributed by atoms with van der Waals surface area (Å²) in [6, 6.07) is 7.49. The molecule has 1 aromatic rings. The second kappa shape index (κ2) is 9.34. The molecule has 0 aromatic heterocycles. The quantitative estimate of drug-likeness (QED) is 0.833. The second-order valence-corrected chi connectivity index (χ2v) is 6.45. The summed E-state index contributed by atoms with van der Waals surface area (Å²) >= 11 is 6.08. The Morgan fingerprint density at radius 2 is 2.17 bits per heavy atom. The van der Waals surface area contributed by atoms with Crippen LogP contribution in [0.1, 0.15) is 38.2 Å². The highest BCUT2D eigenvalue weighted by Gasteiger charge is 2.23. The number of nitrogens with zero attached hydrogens (tertiary/aromatic N) is 1. The first-order valence-electron chi connectivity index (χ1n) is 8.32. The molecule has 4 nitrogen and oxygen atoms in total. The monoisotopic (exact) mass is 346 g/mol. The van der Waals surface area contributed by atoms with Crippen LogP contribution in [0.2, 0.25) is 5.02 Å². The van der Waals surface area contributed by atoms with E-state index >= 15 is 0 Å². The Morgan fingerprint density at radius 3 is 2.92 bits per heavy atom. The molecule has 2 rings (SSSR count). The fourth-order valence-corrected chi connectivity index (χ4v) is 3.13. The molecule has 5 heteroatoms. The van der Waals surface area contributed by atoms with Gasteiger partial charge in [0, 0.05) is 31.1 Å². The Bertz CT molecular complexity index is 648. The molecule has 1 atom stereocenters. The van der Waals surface area contributed by atoms with Gasteiger partial charge in [-0.3, -0.25) is 9.59 Å². The first kappa shape index (κ1) is 18.4. The van der Waals surface area contributed by atoms with E-state index in [4.69, 9.17) is 11.6 Å². The van der Waals surface area contributed by atoms with E-state index in [9.17, 15) is 9.59 Å². The third-order valence-electron chi connectivity index (χ3n) is 4.25. The van der Waals surface area contributed by atoms with Crippen LogP contribution in [0.3, 0.4) is 0 Å². The summed E-state index contributed by atoms with van der Waals surface area (Å²) in [6.07, 6.45) is 3.29. The predicted octanol–water partition coefficient (Wildman–Crippen LogP) is 3.00. The summed E-state index contributed by atoms with van der Waals surface area (Å²) in [5, 5.41) is 3.57. The summed E-state index contributed by atoms with van der Waals surface area (Å²) in [4.78, 5) is 25.7. The number of carbonyl (C=O) groups excluding carboxylic acids is 2. The topological polar surface area (TPSA) is 49.4 Å². The molecule has 1 unspecified atom stereocenters. The van der Waals surface area contributed by atoms with Gasteiger partial charge in [0.2, 0.25) is 5.91 Å². The number of nitrogens with one attached hydrogen (secondary N) is 1. The van der Waals surface area contributed by atoms with Gasteiger partial charge in [0.1, 0.15) is 0 Å². The van der Waals surface area contributed by atoms with E-state index in [0.29, 0.717) is 30.5 Å². The van der Waals surface area contributed by atoms with E-state index in [2.05, 4.69) is 17.2 Å². The van der Waals surface area contributed by atoms with Gasteiger partial charge >= 0.3 is 0 Å². The fourth-order valence-electron chi connectivity index (χ4n) is 2.93. The lowest BCUT2D eigenvalue weighted by molar-refractivity contribution is -0.126. The molecule has 0 radical (unpaired) electrons. The minimum Gasteiger partial charge on any atom is -0.352 e. The Hall–Kier alpha value is -1.99. The molecule has 0 saturated carbocycles. The maximum Gasteiger partial charge on any atom is 0.298 e.